The van der Waals surface area contributed by atoms with E-state index in [1.165, 1.54) is 0 Å². The van der Waals surface area contributed by atoms with E-state index in [4.69, 9.17) is 4.74 Å². The molecule has 0 N–H and O–H groups in total. The van der Waals surface area contributed by atoms with E-state index in [0.29, 0.717) is 39.3 Å². The molecule has 8 heteroatoms. The Labute approximate surface area is 176 Å². The highest BCUT2D eigenvalue weighted by atomic mass is 16.6. The van der Waals surface area contributed by atoms with E-state index in [1.54, 1.807) is 21.7 Å². The van der Waals surface area contributed by atoms with Gasteiger partial charge in [0.2, 0.25) is 11.8 Å². The fourth-order valence-electron chi connectivity index (χ4n) is 3.49. The number of piperazine rings is 1. The topological polar surface area (TPSA) is 73.4 Å². The summed E-state index contributed by atoms with van der Waals surface area (Å²) in [7, 11) is 1.70. The summed E-state index contributed by atoms with van der Waals surface area (Å²) in [4.78, 5) is 44.8. The quantitative estimate of drug-likeness (QED) is 0.610. The van der Waals surface area contributed by atoms with Gasteiger partial charge in [-0.2, -0.15) is 0 Å². The summed E-state index contributed by atoms with van der Waals surface area (Å²) in [5.41, 5.74) is -0.519. The average molecular weight is 413 g/mol. The number of nitrogens with zero attached hydrogens (tertiary/aromatic N) is 4. The summed E-state index contributed by atoms with van der Waals surface area (Å²) in [5.74, 6) is -0.0612. The first-order valence-electron chi connectivity index (χ1n) is 10.8. The minimum atomic E-state index is -0.519. The lowest BCUT2D eigenvalue weighted by atomic mass is 10.1. The van der Waals surface area contributed by atoms with Gasteiger partial charge in [-0.1, -0.05) is 13.3 Å². The Balaban J connectivity index is 2.69. The molecule has 1 heterocycles. The van der Waals surface area contributed by atoms with Gasteiger partial charge in [0.25, 0.3) is 0 Å². The van der Waals surface area contributed by atoms with Crippen molar-refractivity contribution >= 4 is 17.9 Å². The minimum absolute atomic E-state index is 0.0296. The fourth-order valence-corrected chi connectivity index (χ4v) is 3.49. The van der Waals surface area contributed by atoms with Crippen LogP contribution in [0.4, 0.5) is 4.79 Å². The van der Waals surface area contributed by atoms with Crippen LogP contribution in [0.5, 0.6) is 0 Å². The van der Waals surface area contributed by atoms with E-state index in [2.05, 4.69) is 11.8 Å². The molecule has 0 aromatic heterocycles. The van der Waals surface area contributed by atoms with Crippen molar-refractivity contribution in [2.75, 3.05) is 52.9 Å². The number of hydrogen-bond donors (Lipinski definition) is 0. The van der Waals surface area contributed by atoms with Gasteiger partial charge < -0.3 is 19.4 Å². The number of likely N-dealkylation sites (N-methyl/N-ethyl adjacent to an activating group) is 2. The van der Waals surface area contributed by atoms with Crippen molar-refractivity contribution in [3.05, 3.63) is 0 Å². The van der Waals surface area contributed by atoms with Crippen LogP contribution in [0, 0.1) is 0 Å². The molecule has 1 rings (SSSR count). The van der Waals surface area contributed by atoms with Crippen LogP contribution in [0.3, 0.4) is 0 Å². The summed E-state index contributed by atoms with van der Waals surface area (Å²) < 4.78 is 5.44. The summed E-state index contributed by atoms with van der Waals surface area (Å²) >= 11 is 0. The zero-order valence-electron chi connectivity index (χ0n) is 19.4. The van der Waals surface area contributed by atoms with Crippen LogP contribution in [0.2, 0.25) is 0 Å². The Kier molecular flexibility index (Phi) is 9.89. The second kappa shape index (κ2) is 11.4. The normalized spacial score (nSPS) is 16.3. The molecule has 0 radical (unpaired) electrons. The zero-order chi connectivity index (χ0) is 22.2. The second-order valence-electron chi connectivity index (χ2n) is 8.57. The highest BCUT2D eigenvalue weighted by Crippen LogP contribution is 2.16. The van der Waals surface area contributed by atoms with E-state index < -0.39 is 5.60 Å². The third-order valence-corrected chi connectivity index (χ3v) is 5.12. The van der Waals surface area contributed by atoms with Gasteiger partial charge in [-0.15, -0.1) is 0 Å². The molecular weight excluding hydrogens is 372 g/mol. The van der Waals surface area contributed by atoms with Crippen molar-refractivity contribution in [1.82, 2.24) is 19.6 Å². The molecular formula is C21H40N4O4. The molecule has 0 aromatic carbocycles. The van der Waals surface area contributed by atoms with Gasteiger partial charge >= 0.3 is 6.09 Å². The number of ether oxygens (including phenoxy) is 1. The van der Waals surface area contributed by atoms with E-state index in [-0.39, 0.29) is 30.5 Å². The van der Waals surface area contributed by atoms with Crippen LogP contribution in [-0.2, 0) is 14.3 Å². The van der Waals surface area contributed by atoms with Crippen LogP contribution in [0.15, 0.2) is 0 Å². The maximum absolute atomic E-state index is 13.1. The van der Waals surface area contributed by atoms with Crippen molar-refractivity contribution in [2.24, 2.45) is 0 Å². The predicted octanol–water partition coefficient (Wildman–Crippen LogP) is 2.03. The molecule has 0 aromatic rings. The Morgan fingerprint density at radius 1 is 1.00 bits per heavy atom. The minimum Gasteiger partial charge on any atom is -0.444 e. The van der Waals surface area contributed by atoms with E-state index in [1.807, 2.05) is 34.6 Å². The molecule has 0 aliphatic carbocycles. The van der Waals surface area contributed by atoms with Gasteiger partial charge in [0.1, 0.15) is 5.60 Å². The number of carbonyl (C=O) groups is 3. The number of carbonyl (C=O) groups excluding carboxylic acids is 3. The van der Waals surface area contributed by atoms with Gasteiger partial charge in [0, 0.05) is 46.3 Å². The first-order valence-corrected chi connectivity index (χ1v) is 10.8. The van der Waals surface area contributed by atoms with Crippen LogP contribution in [0.25, 0.3) is 0 Å². The number of rotatable bonds is 8. The molecule has 0 bridgehead atoms. The van der Waals surface area contributed by atoms with Crippen molar-refractivity contribution in [3.63, 3.8) is 0 Å². The monoisotopic (exact) mass is 412 g/mol. The Morgan fingerprint density at radius 3 is 2.00 bits per heavy atom. The summed E-state index contributed by atoms with van der Waals surface area (Å²) in [6.45, 7) is 15.2. The summed E-state index contributed by atoms with van der Waals surface area (Å²) in [6, 6.07) is -0.268. The van der Waals surface area contributed by atoms with Crippen LogP contribution in [0.1, 0.15) is 54.4 Å². The lowest BCUT2D eigenvalue weighted by molar-refractivity contribution is -0.143. The van der Waals surface area contributed by atoms with Crippen LogP contribution in [-0.4, -0.2) is 102 Å². The molecule has 29 heavy (non-hydrogen) atoms. The molecule has 1 aliphatic heterocycles. The van der Waals surface area contributed by atoms with E-state index in [0.717, 1.165) is 12.8 Å². The van der Waals surface area contributed by atoms with Crippen molar-refractivity contribution in [3.8, 4) is 0 Å². The van der Waals surface area contributed by atoms with E-state index in [9.17, 15) is 14.4 Å². The SMILES string of the molecule is CCC[C@H](C(=O)N(C)CC(=O)N(CC)CC)N1CCN(C(=O)OC(C)(C)C)CC1. The van der Waals surface area contributed by atoms with Gasteiger partial charge in [-0.3, -0.25) is 14.5 Å². The molecule has 168 valence electrons. The van der Waals surface area contributed by atoms with Crippen molar-refractivity contribution in [2.45, 2.75) is 66.0 Å². The summed E-state index contributed by atoms with van der Waals surface area (Å²) in [5, 5.41) is 0. The highest BCUT2D eigenvalue weighted by Gasteiger charge is 2.33. The summed E-state index contributed by atoms with van der Waals surface area (Å²) in [6.07, 6.45) is 1.30. The lowest BCUT2D eigenvalue weighted by Crippen LogP contribution is -2.57. The molecule has 1 aliphatic rings. The largest absolute Gasteiger partial charge is 0.444 e. The number of amides is 3. The van der Waals surface area contributed by atoms with Gasteiger partial charge in [0.15, 0.2) is 0 Å². The fraction of sp³-hybridized carbons (Fsp3) is 0.857. The molecule has 0 saturated carbocycles. The zero-order valence-corrected chi connectivity index (χ0v) is 19.4. The Morgan fingerprint density at radius 2 is 1.55 bits per heavy atom. The second-order valence-corrected chi connectivity index (χ2v) is 8.57. The van der Waals surface area contributed by atoms with Gasteiger partial charge in [-0.25, -0.2) is 4.79 Å². The van der Waals surface area contributed by atoms with Gasteiger partial charge in [0.05, 0.1) is 12.6 Å². The third-order valence-electron chi connectivity index (χ3n) is 5.12. The molecule has 1 saturated heterocycles. The smallest absolute Gasteiger partial charge is 0.410 e. The van der Waals surface area contributed by atoms with Crippen LogP contribution < -0.4 is 0 Å². The van der Waals surface area contributed by atoms with E-state index >= 15 is 0 Å². The lowest BCUT2D eigenvalue weighted by Gasteiger charge is -2.40. The van der Waals surface area contributed by atoms with Gasteiger partial charge in [-0.05, 0) is 41.0 Å². The molecule has 0 unspecified atom stereocenters. The molecule has 3 amide bonds. The van der Waals surface area contributed by atoms with Crippen molar-refractivity contribution < 1.29 is 19.1 Å². The maximum Gasteiger partial charge on any atom is 0.410 e. The first-order chi connectivity index (χ1) is 13.5. The average Bonchev–Trinajstić information content (AvgIpc) is 2.65. The predicted molar refractivity (Wildman–Crippen MR) is 114 cm³/mol. The first kappa shape index (κ1) is 25.2. The standard InChI is InChI=1S/C21H40N4O4/c1-8-11-17(19(27)22(7)16-18(26)23(9-2)10-3)24-12-14-25(15-13-24)20(28)29-21(4,5)6/h17H,8-16H2,1-7H3/t17-/m1/s1. The van der Waals surface area contributed by atoms with Crippen molar-refractivity contribution in [1.29, 1.82) is 0 Å². The third kappa shape index (κ3) is 7.84. The molecule has 1 fully saturated rings. The van der Waals surface area contributed by atoms with Crippen LogP contribution >= 0.6 is 0 Å². The molecule has 1 atom stereocenters. The Hall–Kier alpha value is -1.83. The number of hydrogen-bond acceptors (Lipinski definition) is 5. The maximum atomic E-state index is 13.1. The molecule has 8 nitrogen and oxygen atoms in total. The Bertz CT molecular complexity index is 549. The highest BCUT2D eigenvalue weighted by molar-refractivity contribution is 5.87. The molecule has 0 spiro atoms.